The average Bonchev–Trinajstić information content (AvgIpc) is 3.35. The van der Waals surface area contributed by atoms with Crippen LogP contribution in [0.15, 0.2) is 39.0 Å². The Hall–Kier alpha value is -4.22. The lowest BCUT2D eigenvalue weighted by Gasteiger charge is -2.04. The minimum absolute atomic E-state index is 0. The Labute approximate surface area is 174 Å². The summed E-state index contributed by atoms with van der Waals surface area (Å²) < 4.78 is 7.15. The highest BCUT2D eigenvalue weighted by molar-refractivity contribution is 5.56. The Morgan fingerprint density at radius 3 is 2.77 bits per heavy atom. The van der Waals surface area contributed by atoms with Crippen LogP contribution in [-0.2, 0) is 6.61 Å². The number of ether oxygens (including phenoxy) is 1. The zero-order valence-electron chi connectivity index (χ0n) is 15.5. The highest BCUT2D eigenvalue weighted by Crippen LogP contribution is 2.22. The van der Waals surface area contributed by atoms with E-state index < -0.39 is 5.69 Å². The molecule has 4 aromatic rings. The maximum absolute atomic E-state index is 11.5. The second-order valence-electron chi connectivity index (χ2n) is 6.82. The van der Waals surface area contributed by atoms with Crippen molar-refractivity contribution in [2.45, 2.75) is 32.9 Å². The third-order valence-electron chi connectivity index (χ3n) is 4.42. The van der Waals surface area contributed by atoms with Gasteiger partial charge in [-0.25, -0.2) is 9.79 Å². The average molecular weight is 424 g/mol. The van der Waals surface area contributed by atoms with E-state index in [9.17, 15) is 14.7 Å². The summed E-state index contributed by atoms with van der Waals surface area (Å²) in [5, 5.41) is 14.6. The molecule has 12 heteroatoms. The summed E-state index contributed by atoms with van der Waals surface area (Å²) in [5.41, 5.74) is 0.730. The maximum Gasteiger partial charge on any atom is 0.326 e. The molecule has 0 atom stereocenters. The van der Waals surface area contributed by atoms with Crippen LogP contribution in [0.5, 0.6) is 11.9 Å². The number of nitrogens with one attached hydrogen (secondary N) is 3. The predicted molar refractivity (Wildman–Crippen MR) is 109 cm³/mol. The second-order valence-corrected chi connectivity index (χ2v) is 6.82. The van der Waals surface area contributed by atoms with Crippen LogP contribution in [0.2, 0.25) is 0 Å². The minimum Gasteiger partial charge on any atom is -0.493 e. The van der Waals surface area contributed by atoms with E-state index in [1.807, 2.05) is 0 Å². The fraction of sp³-hybridized carbons (Fsp3) is 0.263. The van der Waals surface area contributed by atoms with Crippen molar-refractivity contribution in [1.29, 1.82) is 0 Å². The van der Waals surface area contributed by atoms with Crippen LogP contribution in [0.25, 0.3) is 11.7 Å². The van der Waals surface area contributed by atoms with E-state index in [0.29, 0.717) is 22.2 Å². The predicted octanol–water partition coefficient (Wildman–Crippen LogP) is -0.639. The van der Waals surface area contributed by atoms with Crippen LogP contribution in [0.4, 0.5) is 0 Å². The molecule has 0 radical (unpaired) electrons. The summed E-state index contributed by atoms with van der Waals surface area (Å²) in [6, 6.07) is 5.01. The fourth-order valence-electron chi connectivity index (χ4n) is 2.85. The molecule has 0 unspecified atom stereocenters. The van der Waals surface area contributed by atoms with Gasteiger partial charge in [-0.15, -0.1) is 0 Å². The molecule has 4 aromatic heterocycles. The Balaban J connectivity index is 0.00000231. The lowest BCUT2D eigenvalue weighted by Crippen LogP contribution is -2.24. The van der Waals surface area contributed by atoms with Crippen molar-refractivity contribution in [3.8, 4) is 11.9 Å². The van der Waals surface area contributed by atoms with E-state index in [2.05, 4.69) is 35.0 Å². The quantitative estimate of drug-likeness (QED) is 0.331. The first-order chi connectivity index (χ1) is 14.5. The molecule has 4 N–H and O–H groups in total. The normalized spacial score (nSPS) is 14.7. The van der Waals surface area contributed by atoms with E-state index in [1.54, 1.807) is 12.1 Å². The molecule has 0 aromatic carbocycles. The molecule has 1 fully saturated rings. The number of fused-ring (bicyclic) bond motifs is 1. The number of aromatic amines is 3. The van der Waals surface area contributed by atoms with Crippen molar-refractivity contribution >= 4 is 11.7 Å². The van der Waals surface area contributed by atoms with E-state index >= 15 is 0 Å². The van der Waals surface area contributed by atoms with Gasteiger partial charge in [0.2, 0.25) is 11.4 Å². The molecule has 160 valence electrons. The van der Waals surface area contributed by atoms with Crippen LogP contribution in [-0.4, -0.2) is 45.7 Å². The number of imidazole rings is 1. The van der Waals surface area contributed by atoms with Crippen LogP contribution < -0.4 is 26.8 Å². The third kappa shape index (κ3) is 4.22. The van der Waals surface area contributed by atoms with E-state index in [0.717, 1.165) is 12.8 Å². The number of aromatic hydroxyl groups is 1. The molecule has 1 aliphatic rings. The van der Waals surface area contributed by atoms with Gasteiger partial charge in [0, 0.05) is 11.3 Å². The lowest BCUT2D eigenvalue weighted by atomic mass is 10.3. The molecule has 0 saturated heterocycles. The highest BCUT2D eigenvalue weighted by atomic mass is 16.5. The van der Waals surface area contributed by atoms with E-state index in [1.165, 1.54) is 22.9 Å². The third-order valence-corrected chi connectivity index (χ3v) is 4.42. The van der Waals surface area contributed by atoms with Crippen molar-refractivity contribution in [3.05, 3.63) is 67.5 Å². The number of hydrogen-bond acceptors (Lipinski definition) is 8. The molecule has 31 heavy (non-hydrogen) atoms. The molecule has 0 aliphatic heterocycles. The molecule has 1 aliphatic carbocycles. The SMILES string of the molecule is C.O=c1cccc(COc2nc(=NC3CC3)n3ncc(=Cc4[nH]c(=O)[nH]c4O)c3n2)[nH]1. The van der Waals surface area contributed by atoms with Gasteiger partial charge in [0.15, 0.2) is 5.65 Å². The number of nitrogens with zero attached hydrogens (tertiary/aromatic N) is 5. The first-order valence-electron chi connectivity index (χ1n) is 9.19. The van der Waals surface area contributed by atoms with Crippen LogP contribution in [0.1, 0.15) is 31.7 Å². The van der Waals surface area contributed by atoms with Gasteiger partial charge in [0.05, 0.1) is 17.9 Å². The first-order valence-corrected chi connectivity index (χ1v) is 9.19. The van der Waals surface area contributed by atoms with E-state index in [-0.39, 0.29) is 43.2 Å². The molecule has 4 heterocycles. The first kappa shape index (κ1) is 20.1. The topological polar surface area (TPSA) is 166 Å². The lowest BCUT2D eigenvalue weighted by molar-refractivity contribution is 0.274. The van der Waals surface area contributed by atoms with Gasteiger partial charge in [-0.1, -0.05) is 13.5 Å². The van der Waals surface area contributed by atoms with Gasteiger partial charge in [-0.05, 0) is 25.0 Å². The van der Waals surface area contributed by atoms with E-state index in [4.69, 9.17) is 4.74 Å². The standard InChI is InChI=1S/C18H16N8O4.CH4/c27-13-3-1-2-11(20-13)8-30-18-23-14-9(6-12-15(28)24-17(29)22-12)7-19-26(14)16(25-18)21-10-4-5-10;/h1-3,6-7,10,28H,4-5,8H2,(H,20,27)(H2,22,24,29);1H4. The van der Waals surface area contributed by atoms with Crippen LogP contribution in [0.3, 0.4) is 0 Å². The maximum atomic E-state index is 11.5. The van der Waals surface area contributed by atoms with Crippen molar-refractivity contribution in [1.82, 2.24) is 34.5 Å². The van der Waals surface area contributed by atoms with Gasteiger partial charge in [0.1, 0.15) is 12.3 Å². The number of rotatable bonds is 5. The van der Waals surface area contributed by atoms with Crippen molar-refractivity contribution in [3.63, 3.8) is 0 Å². The summed E-state index contributed by atoms with van der Waals surface area (Å²) in [4.78, 5) is 43.5. The van der Waals surface area contributed by atoms with Gasteiger partial charge in [-0.2, -0.15) is 19.6 Å². The van der Waals surface area contributed by atoms with Gasteiger partial charge < -0.3 is 19.8 Å². The summed E-state index contributed by atoms with van der Waals surface area (Å²) in [5.74, 6) is -0.291. The number of hydrogen-bond donors (Lipinski definition) is 4. The minimum atomic E-state index is -0.532. The molecule has 1 saturated carbocycles. The Kier molecular flexibility index (Phi) is 5.11. The molecule has 12 nitrogen and oxygen atoms in total. The Morgan fingerprint density at radius 2 is 2.06 bits per heavy atom. The summed E-state index contributed by atoms with van der Waals surface area (Å²) in [7, 11) is 0. The van der Waals surface area contributed by atoms with Gasteiger partial charge in [0.25, 0.3) is 5.62 Å². The molecule has 0 amide bonds. The summed E-state index contributed by atoms with van der Waals surface area (Å²) in [6.45, 7) is 0.0637. The summed E-state index contributed by atoms with van der Waals surface area (Å²) >= 11 is 0. The molecule has 5 rings (SSSR count). The van der Waals surface area contributed by atoms with Crippen molar-refractivity contribution < 1.29 is 9.84 Å². The number of aromatic nitrogens is 7. The summed E-state index contributed by atoms with van der Waals surface area (Å²) in [6.07, 6.45) is 5.01. The Morgan fingerprint density at radius 1 is 1.23 bits per heavy atom. The van der Waals surface area contributed by atoms with Crippen LogP contribution >= 0.6 is 0 Å². The zero-order valence-corrected chi connectivity index (χ0v) is 15.5. The molecule has 0 bridgehead atoms. The highest BCUT2D eigenvalue weighted by Gasteiger charge is 2.21. The number of pyridine rings is 1. The Bertz CT molecular complexity index is 1480. The van der Waals surface area contributed by atoms with Gasteiger partial charge in [-0.3, -0.25) is 9.78 Å². The fourth-order valence-corrected chi connectivity index (χ4v) is 2.85. The van der Waals surface area contributed by atoms with Crippen molar-refractivity contribution in [2.75, 3.05) is 0 Å². The largest absolute Gasteiger partial charge is 0.493 e. The van der Waals surface area contributed by atoms with Gasteiger partial charge >= 0.3 is 11.7 Å². The zero-order chi connectivity index (χ0) is 20.7. The number of H-pyrrole nitrogens is 3. The smallest absolute Gasteiger partial charge is 0.326 e. The second kappa shape index (κ2) is 7.89. The monoisotopic (exact) mass is 424 g/mol. The molecular weight excluding hydrogens is 404 g/mol. The van der Waals surface area contributed by atoms with Crippen LogP contribution in [0, 0.1) is 0 Å². The molecule has 0 spiro atoms. The van der Waals surface area contributed by atoms with Crippen molar-refractivity contribution in [2.24, 2.45) is 4.99 Å². The molecular formula is C19H20N8O4.